The molecule has 0 bridgehead atoms. The summed E-state index contributed by atoms with van der Waals surface area (Å²) in [4.78, 5) is 13.9. The minimum absolute atomic E-state index is 0.0872. The van der Waals surface area contributed by atoms with E-state index in [2.05, 4.69) is 4.90 Å². The summed E-state index contributed by atoms with van der Waals surface area (Å²) in [5.41, 5.74) is 2.00. The number of β-amino-alcohol motifs (C(OH)–C–C–N with tert-alkyl or cyclic N) is 1. The van der Waals surface area contributed by atoms with Crippen LogP contribution in [0.3, 0.4) is 0 Å². The number of nitrogens with zero attached hydrogens (tertiary/aromatic N) is 1. The maximum Gasteiger partial charge on any atom is 0.416 e. The van der Waals surface area contributed by atoms with Gasteiger partial charge >= 0.3 is 12.1 Å². The maximum absolute atomic E-state index is 13.1. The van der Waals surface area contributed by atoms with Crippen molar-refractivity contribution in [1.29, 1.82) is 0 Å². The van der Waals surface area contributed by atoms with Gasteiger partial charge in [0.15, 0.2) is 0 Å². The second kappa shape index (κ2) is 13.2. The van der Waals surface area contributed by atoms with E-state index < -0.39 is 17.8 Å². The molecule has 2 aromatic carbocycles. The molecule has 1 aliphatic heterocycles. The fourth-order valence-corrected chi connectivity index (χ4v) is 4.81. The van der Waals surface area contributed by atoms with Crippen molar-refractivity contribution >= 4 is 5.97 Å². The molecule has 3 atom stereocenters. The number of aryl methyl sites for hydroxylation is 1. The first-order chi connectivity index (χ1) is 17.2. The lowest BCUT2D eigenvalue weighted by Gasteiger charge is -2.28. The Hall–Kier alpha value is -2.42. The van der Waals surface area contributed by atoms with E-state index >= 15 is 0 Å². The zero-order valence-electron chi connectivity index (χ0n) is 21.0. The van der Waals surface area contributed by atoms with Gasteiger partial charge in [0.25, 0.3) is 0 Å². The molecule has 1 fully saturated rings. The minimum Gasteiger partial charge on any atom is -0.466 e. The van der Waals surface area contributed by atoms with E-state index in [1.807, 2.05) is 31.2 Å². The van der Waals surface area contributed by atoms with E-state index in [1.54, 1.807) is 13.0 Å². The van der Waals surface area contributed by atoms with Crippen LogP contribution in [0.15, 0.2) is 48.5 Å². The SMILES string of the molecule is CCOC(=O)CCc1ccccc1C(C)OC[C@H](O)CN1CCC[C@H]1Cc1cccc(C(F)(F)F)c1. The largest absolute Gasteiger partial charge is 0.466 e. The van der Waals surface area contributed by atoms with E-state index in [4.69, 9.17) is 9.47 Å². The molecule has 36 heavy (non-hydrogen) atoms. The average Bonchev–Trinajstić information content (AvgIpc) is 3.27. The predicted octanol–water partition coefficient (Wildman–Crippen LogP) is 5.35. The van der Waals surface area contributed by atoms with Gasteiger partial charge in [-0.2, -0.15) is 13.2 Å². The van der Waals surface area contributed by atoms with Crippen LogP contribution in [0.1, 0.15) is 61.5 Å². The number of esters is 1. The molecule has 0 aliphatic carbocycles. The molecule has 0 radical (unpaired) electrons. The van der Waals surface area contributed by atoms with Crippen LogP contribution < -0.4 is 0 Å². The molecule has 1 N–H and O–H groups in total. The first kappa shape index (κ1) is 28.2. The van der Waals surface area contributed by atoms with Crippen molar-refractivity contribution in [2.45, 2.75) is 70.4 Å². The Bertz CT molecular complexity index is 981. The van der Waals surface area contributed by atoms with Gasteiger partial charge in [0.1, 0.15) is 0 Å². The smallest absolute Gasteiger partial charge is 0.416 e. The van der Waals surface area contributed by atoms with Gasteiger partial charge in [0.2, 0.25) is 0 Å². The van der Waals surface area contributed by atoms with E-state index in [9.17, 15) is 23.1 Å². The highest BCUT2D eigenvalue weighted by Gasteiger charge is 2.31. The predicted molar refractivity (Wildman–Crippen MR) is 132 cm³/mol. The van der Waals surface area contributed by atoms with Crippen molar-refractivity contribution in [2.24, 2.45) is 0 Å². The van der Waals surface area contributed by atoms with Gasteiger partial charge in [-0.05, 0) is 68.8 Å². The van der Waals surface area contributed by atoms with Gasteiger partial charge in [0, 0.05) is 19.0 Å². The highest BCUT2D eigenvalue weighted by atomic mass is 19.4. The van der Waals surface area contributed by atoms with E-state index in [0.29, 0.717) is 38.0 Å². The summed E-state index contributed by atoms with van der Waals surface area (Å²) in [6.45, 7) is 5.40. The number of aliphatic hydroxyl groups excluding tert-OH is 1. The van der Waals surface area contributed by atoms with Gasteiger partial charge in [-0.3, -0.25) is 9.69 Å². The summed E-state index contributed by atoms with van der Waals surface area (Å²) in [6.07, 6.45) is -2.15. The van der Waals surface area contributed by atoms with Crippen molar-refractivity contribution in [3.05, 3.63) is 70.8 Å². The molecule has 0 saturated carbocycles. The van der Waals surface area contributed by atoms with Crippen molar-refractivity contribution < 1.29 is 32.5 Å². The molecule has 2 aromatic rings. The highest BCUT2D eigenvalue weighted by molar-refractivity contribution is 5.69. The second-order valence-corrected chi connectivity index (χ2v) is 9.33. The summed E-state index contributed by atoms with van der Waals surface area (Å²) in [5.74, 6) is -0.235. The normalized spacial score (nSPS) is 18.2. The lowest BCUT2D eigenvalue weighted by molar-refractivity contribution is -0.143. The Labute approximate surface area is 211 Å². The van der Waals surface area contributed by atoms with E-state index in [0.717, 1.165) is 36.6 Å². The van der Waals surface area contributed by atoms with Crippen LogP contribution in [0.4, 0.5) is 13.2 Å². The van der Waals surface area contributed by atoms with Gasteiger partial charge in [-0.1, -0.05) is 42.5 Å². The average molecular weight is 508 g/mol. The maximum atomic E-state index is 13.1. The number of benzene rings is 2. The molecular weight excluding hydrogens is 471 g/mol. The van der Waals surface area contributed by atoms with Crippen LogP contribution >= 0.6 is 0 Å². The molecule has 0 spiro atoms. The number of likely N-dealkylation sites (tertiary alicyclic amines) is 1. The highest BCUT2D eigenvalue weighted by Crippen LogP contribution is 2.31. The number of carbonyl (C=O) groups is 1. The number of aliphatic hydroxyl groups is 1. The molecule has 0 aromatic heterocycles. The van der Waals surface area contributed by atoms with Crippen LogP contribution in [0.5, 0.6) is 0 Å². The fourth-order valence-electron chi connectivity index (χ4n) is 4.81. The lowest BCUT2D eigenvalue weighted by atomic mass is 9.99. The molecule has 198 valence electrons. The number of carbonyl (C=O) groups excluding carboxylic acids is 1. The number of alkyl halides is 3. The number of halogens is 3. The Morgan fingerprint density at radius 1 is 1.19 bits per heavy atom. The Kier molecular flexibility index (Phi) is 10.3. The zero-order chi connectivity index (χ0) is 26.1. The molecule has 1 saturated heterocycles. The van der Waals surface area contributed by atoms with Gasteiger partial charge in [-0.25, -0.2) is 0 Å². The molecule has 3 rings (SSSR count). The van der Waals surface area contributed by atoms with Gasteiger partial charge in [0.05, 0.1) is 31.0 Å². The van der Waals surface area contributed by atoms with Crippen LogP contribution in [-0.4, -0.2) is 54.4 Å². The van der Waals surface area contributed by atoms with E-state index in [-0.39, 0.29) is 24.7 Å². The summed E-state index contributed by atoms with van der Waals surface area (Å²) in [5, 5.41) is 10.7. The Balaban J connectivity index is 1.51. The second-order valence-electron chi connectivity index (χ2n) is 9.33. The third kappa shape index (κ3) is 8.32. The van der Waals surface area contributed by atoms with Crippen molar-refractivity contribution in [1.82, 2.24) is 4.90 Å². The molecule has 5 nitrogen and oxygen atoms in total. The Morgan fingerprint density at radius 3 is 2.72 bits per heavy atom. The Morgan fingerprint density at radius 2 is 1.97 bits per heavy atom. The topological polar surface area (TPSA) is 59.0 Å². The number of ether oxygens (including phenoxy) is 2. The van der Waals surface area contributed by atoms with Crippen LogP contribution in [-0.2, 0) is 33.3 Å². The van der Waals surface area contributed by atoms with Crippen LogP contribution in [0.25, 0.3) is 0 Å². The third-order valence-electron chi connectivity index (χ3n) is 6.61. The number of hydrogen-bond donors (Lipinski definition) is 1. The lowest BCUT2D eigenvalue weighted by Crippen LogP contribution is -2.39. The van der Waals surface area contributed by atoms with Gasteiger partial charge < -0.3 is 14.6 Å². The third-order valence-corrected chi connectivity index (χ3v) is 6.61. The van der Waals surface area contributed by atoms with E-state index in [1.165, 1.54) is 12.1 Å². The molecule has 1 aliphatic rings. The summed E-state index contributed by atoms with van der Waals surface area (Å²) in [7, 11) is 0. The standard InChI is InChI=1S/C28H36F3NO4/c1-3-35-27(34)14-13-22-9-4-5-12-26(22)20(2)36-19-25(33)18-32-15-7-11-24(32)17-21-8-6-10-23(16-21)28(29,30)31/h4-6,8-10,12,16,20,24-25,33H,3,7,11,13-15,17-19H2,1-2H3/t20?,24-,25+/m0/s1. The molecule has 1 heterocycles. The molecule has 0 amide bonds. The molecule has 1 unspecified atom stereocenters. The quantitative estimate of drug-likeness (QED) is 0.393. The monoisotopic (exact) mass is 507 g/mol. The summed E-state index contributed by atoms with van der Waals surface area (Å²) < 4.78 is 50.2. The van der Waals surface area contributed by atoms with Crippen molar-refractivity contribution in [3.63, 3.8) is 0 Å². The zero-order valence-corrected chi connectivity index (χ0v) is 21.0. The summed E-state index contributed by atoms with van der Waals surface area (Å²) in [6, 6.07) is 13.3. The van der Waals surface area contributed by atoms with Crippen LogP contribution in [0.2, 0.25) is 0 Å². The number of rotatable bonds is 12. The van der Waals surface area contributed by atoms with Crippen LogP contribution in [0, 0.1) is 0 Å². The molecular formula is C28H36F3NO4. The minimum atomic E-state index is -4.35. The fraction of sp³-hybridized carbons (Fsp3) is 0.536. The number of hydrogen-bond acceptors (Lipinski definition) is 5. The first-order valence-corrected chi connectivity index (χ1v) is 12.6. The molecule has 8 heteroatoms. The first-order valence-electron chi connectivity index (χ1n) is 12.6. The summed E-state index contributed by atoms with van der Waals surface area (Å²) >= 11 is 0. The van der Waals surface area contributed by atoms with Crippen molar-refractivity contribution in [2.75, 3.05) is 26.3 Å². The van der Waals surface area contributed by atoms with Crippen molar-refractivity contribution in [3.8, 4) is 0 Å². The van der Waals surface area contributed by atoms with Gasteiger partial charge in [-0.15, -0.1) is 0 Å².